The minimum atomic E-state index is -0.240. The normalized spacial score (nSPS) is 13.5. The Morgan fingerprint density at radius 2 is 1.51 bits per heavy atom. The van der Waals surface area contributed by atoms with Crippen molar-refractivity contribution in [1.29, 1.82) is 0 Å². The lowest BCUT2D eigenvalue weighted by Crippen LogP contribution is -2.47. The number of amides is 1. The maximum Gasteiger partial charge on any atom is 0.258 e. The largest absolute Gasteiger partial charge is 0.493 e. The Morgan fingerprint density at radius 3 is 2.20 bits per heavy atom. The number of fused-ring (bicyclic) bond motifs is 1. The average Bonchev–Trinajstić information content (AvgIpc) is 2.92. The van der Waals surface area contributed by atoms with E-state index in [2.05, 4.69) is 35.1 Å². The molecule has 1 saturated heterocycles. The number of methoxy groups -OCH3 is 2. The summed E-state index contributed by atoms with van der Waals surface area (Å²) in [5, 5.41) is 3.75. The summed E-state index contributed by atoms with van der Waals surface area (Å²) >= 11 is 0. The molecule has 10 heteroatoms. The van der Waals surface area contributed by atoms with Gasteiger partial charge in [0, 0.05) is 55.7 Å². The molecule has 0 atom stereocenters. The van der Waals surface area contributed by atoms with Crippen LogP contribution in [-0.2, 0) is 0 Å². The molecular formula is C25H25N7O3. The molecule has 178 valence electrons. The first-order valence-electron chi connectivity index (χ1n) is 11.2. The van der Waals surface area contributed by atoms with Crippen LogP contribution in [0.5, 0.6) is 11.5 Å². The van der Waals surface area contributed by atoms with Crippen LogP contribution < -0.4 is 24.6 Å². The monoisotopic (exact) mass is 471 g/mol. The number of rotatable bonds is 6. The third kappa shape index (κ3) is 4.63. The second kappa shape index (κ2) is 9.80. The van der Waals surface area contributed by atoms with Crippen LogP contribution in [0.4, 0.5) is 17.5 Å². The van der Waals surface area contributed by atoms with Gasteiger partial charge in [0.2, 0.25) is 5.95 Å². The van der Waals surface area contributed by atoms with E-state index in [9.17, 15) is 4.79 Å². The highest BCUT2D eigenvalue weighted by molar-refractivity contribution is 6.03. The van der Waals surface area contributed by atoms with Crippen LogP contribution in [-0.4, -0.2) is 66.2 Å². The highest BCUT2D eigenvalue weighted by Crippen LogP contribution is 2.35. The SMILES string of the molecule is COc1cc2ncnc(N3CCN(c4ncc(C(=O)Nc5ccccc5)cn4)CC3)c2cc1OC. The maximum atomic E-state index is 12.5. The van der Waals surface area contributed by atoms with E-state index in [1.807, 2.05) is 42.5 Å². The number of hydrogen-bond donors (Lipinski definition) is 1. The minimum absolute atomic E-state index is 0.240. The van der Waals surface area contributed by atoms with E-state index in [1.165, 1.54) is 0 Å². The molecule has 0 saturated carbocycles. The van der Waals surface area contributed by atoms with Crippen molar-refractivity contribution in [2.75, 3.05) is 55.5 Å². The fourth-order valence-electron chi connectivity index (χ4n) is 4.07. The van der Waals surface area contributed by atoms with Gasteiger partial charge in [0.25, 0.3) is 5.91 Å². The van der Waals surface area contributed by atoms with E-state index in [-0.39, 0.29) is 5.91 Å². The molecule has 0 unspecified atom stereocenters. The van der Waals surface area contributed by atoms with Gasteiger partial charge in [0.05, 0.1) is 25.3 Å². The first-order valence-corrected chi connectivity index (χ1v) is 11.2. The van der Waals surface area contributed by atoms with Gasteiger partial charge in [-0.05, 0) is 18.2 Å². The zero-order chi connectivity index (χ0) is 24.2. The third-order valence-electron chi connectivity index (χ3n) is 5.91. The zero-order valence-corrected chi connectivity index (χ0v) is 19.5. The number of benzene rings is 2. The summed E-state index contributed by atoms with van der Waals surface area (Å²) < 4.78 is 10.9. The number of piperazine rings is 1. The molecule has 3 heterocycles. The Morgan fingerprint density at radius 1 is 0.857 bits per heavy atom. The molecule has 2 aromatic carbocycles. The minimum Gasteiger partial charge on any atom is -0.493 e. The van der Waals surface area contributed by atoms with Crippen LogP contribution in [0.2, 0.25) is 0 Å². The fourth-order valence-corrected chi connectivity index (χ4v) is 4.07. The van der Waals surface area contributed by atoms with Gasteiger partial charge in [-0.25, -0.2) is 19.9 Å². The molecule has 1 amide bonds. The summed E-state index contributed by atoms with van der Waals surface area (Å²) in [7, 11) is 3.22. The van der Waals surface area contributed by atoms with Crippen molar-refractivity contribution in [3.63, 3.8) is 0 Å². The van der Waals surface area contributed by atoms with Crippen molar-refractivity contribution < 1.29 is 14.3 Å². The summed E-state index contributed by atoms with van der Waals surface area (Å²) in [4.78, 5) is 34.6. The second-order valence-electron chi connectivity index (χ2n) is 7.99. The molecule has 1 fully saturated rings. The van der Waals surface area contributed by atoms with Gasteiger partial charge in [-0.1, -0.05) is 18.2 Å². The van der Waals surface area contributed by atoms with Gasteiger partial charge in [-0.3, -0.25) is 4.79 Å². The van der Waals surface area contributed by atoms with E-state index in [0.717, 1.165) is 35.5 Å². The topological polar surface area (TPSA) is 106 Å². The summed E-state index contributed by atoms with van der Waals surface area (Å²) in [6.07, 6.45) is 4.69. The van der Waals surface area contributed by atoms with Crippen LogP contribution in [0, 0.1) is 0 Å². The predicted octanol–water partition coefficient (Wildman–Crippen LogP) is 3.02. The van der Waals surface area contributed by atoms with Gasteiger partial charge < -0.3 is 24.6 Å². The Bertz CT molecular complexity index is 1320. The first kappa shape index (κ1) is 22.3. The number of anilines is 3. The standard InChI is InChI=1S/C25H25N7O3/c1-34-21-12-19-20(13-22(21)35-2)28-16-29-23(19)31-8-10-32(11-9-31)25-26-14-17(15-27-25)24(33)30-18-6-4-3-5-7-18/h3-7,12-16H,8-11H2,1-2H3,(H,30,33). The molecule has 2 aromatic heterocycles. The molecule has 1 N–H and O–H groups in total. The van der Waals surface area contributed by atoms with Gasteiger partial charge in [-0.2, -0.15) is 0 Å². The highest BCUT2D eigenvalue weighted by Gasteiger charge is 2.23. The predicted molar refractivity (Wildman–Crippen MR) is 133 cm³/mol. The van der Waals surface area contributed by atoms with E-state index in [0.29, 0.717) is 36.1 Å². The zero-order valence-electron chi connectivity index (χ0n) is 19.5. The van der Waals surface area contributed by atoms with Crippen LogP contribution in [0.3, 0.4) is 0 Å². The number of aromatic nitrogens is 4. The average molecular weight is 472 g/mol. The molecule has 35 heavy (non-hydrogen) atoms. The van der Waals surface area contributed by atoms with E-state index in [4.69, 9.17) is 9.47 Å². The van der Waals surface area contributed by atoms with Crippen LogP contribution in [0.25, 0.3) is 10.9 Å². The summed E-state index contributed by atoms with van der Waals surface area (Å²) in [6.45, 7) is 2.91. The Kier molecular flexibility index (Phi) is 6.25. The molecule has 0 bridgehead atoms. The highest BCUT2D eigenvalue weighted by atomic mass is 16.5. The second-order valence-corrected chi connectivity index (χ2v) is 7.99. The summed E-state index contributed by atoms with van der Waals surface area (Å²) in [6, 6.07) is 13.1. The summed E-state index contributed by atoms with van der Waals surface area (Å²) in [5.74, 6) is 2.48. The Labute approximate surface area is 202 Å². The van der Waals surface area contributed by atoms with Gasteiger partial charge in [0.1, 0.15) is 12.1 Å². The number of nitrogens with one attached hydrogen (secondary N) is 1. The van der Waals surface area contributed by atoms with Crippen molar-refractivity contribution >= 4 is 34.3 Å². The molecular weight excluding hydrogens is 446 g/mol. The van der Waals surface area contributed by atoms with Crippen LogP contribution in [0.1, 0.15) is 10.4 Å². The number of hydrogen-bond acceptors (Lipinski definition) is 9. The number of nitrogens with zero attached hydrogens (tertiary/aromatic N) is 6. The molecule has 0 aliphatic carbocycles. The lowest BCUT2D eigenvalue weighted by molar-refractivity contribution is 0.102. The van der Waals surface area contributed by atoms with Gasteiger partial charge in [0.15, 0.2) is 11.5 Å². The van der Waals surface area contributed by atoms with Gasteiger partial charge >= 0.3 is 0 Å². The Hall–Kier alpha value is -4.47. The van der Waals surface area contributed by atoms with Gasteiger partial charge in [-0.15, -0.1) is 0 Å². The van der Waals surface area contributed by atoms with Crippen molar-refractivity contribution in [3.05, 3.63) is 66.7 Å². The molecule has 0 radical (unpaired) electrons. The summed E-state index contributed by atoms with van der Waals surface area (Å²) in [5.41, 5.74) is 1.93. The lowest BCUT2D eigenvalue weighted by atomic mass is 10.2. The van der Waals surface area contributed by atoms with E-state index < -0.39 is 0 Å². The van der Waals surface area contributed by atoms with E-state index >= 15 is 0 Å². The fraction of sp³-hybridized carbons (Fsp3) is 0.240. The van der Waals surface area contributed by atoms with E-state index in [1.54, 1.807) is 32.9 Å². The van der Waals surface area contributed by atoms with Crippen LogP contribution in [0.15, 0.2) is 61.2 Å². The molecule has 5 rings (SSSR count). The quantitative estimate of drug-likeness (QED) is 0.454. The van der Waals surface area contributed by atoms with Crippen LogP contribution >= 0.6 is 0 Å². The number of para-hydroxylation sites is 1. The molecule has 0 spiro atoms. The smallest absolute Gasteiger partial charge is 0.258 e. The number of carbonyl (C=O) groups excluding carboxylic acids is 1. The maximum absolute atomic E-state index is 12.5. The molecule has 1 aliphatic rings. The number of ether oxygens (including phenoxy) is 2. The Balaban J connectivity index is 1.27. The molecule has 10 nitrogen and oxygen atoms in total. The van der Waals surface area contributed by atoms with Crippen molar-refractivity contribution in [2.24, 2.45) is 0 Å². The van der Waals surface area contributed by atoms with Crippen molar-refractivity contribution in [1.82, 2.24) is 19.9 Å². The molecule has 1 aliphatic heterocycles. The van der Waals surface area contributed by atoms with Crippen molar-refractivity contribution in [3.8, 4) is 11.5 Å². The third-order valence-corrected chi connectivity index (χ3v) is 5.91. The lowest BCUT2D eigenvalue weighted by Gasteiger charge is -2.35. The molecule has 4 aromatic rings. The first-order chi connectivity index (χ1) is 17.2. The van der Waals surface area contributed by atoms with Crippen molar-refractivity contribution in [2.45, 2.75) is 0 Å². The number of carbonyl (C=O) groups is 1.